The largest absolute Gasteiger partial charge is 0.300 e. The van der Waals surface area contributed by atoms with Crippen molar-refractivity contribution in [3.63, 3.8) is 0 Å². The fraction of sp³-hybridized carbons (Fsp3) is 0.833. The van der Waals surface area contributed by atoms with Crippen molar-refractivity contribution in [2.75, 3.05) is 0 Å². The van der Waals surface area contributed by atoms with Crippen molar-refractivity contribution in [3.05, 3.63) is 0 Å². The first-order chi connectivity index (χ1) is 6.61. The molecular formula is C12H16O2. The maximum atomic E-state index is 11.4. The van der Waals surface area contributed by atoms with Gasteiger partial charge in [-0.15, -0.1) is 0 Å². The van der Waals surface area contributed by atoms with Gasteiger partial charge >= 0.3 is 0 Å². The van der Waals surface area contributed by atoms with Gasteiger partial charge in [0, 0.05) is 11.8 Å². The van der Waals surface area contributed by atoms with E-state index in [1.165, 1.54) is 6.42 Å². The predicted octanol–water partition coefficient (Wildman–Crippen LogP) is 1.68. The molecule has 0 amide bonds. The van der Waals surface area contributed by atoms with Gasteiger partial charge < -0.3 is 0 Å². The average molecular weight is 192 g/mol. The van der Waals surface area contributed by atoms with Crippen LogP contribution in [0.5, 0.6) is 0 Å². The second-order valence-electron chi connectivity index (χ2n) is 5.40. The number of carbonyl (C=O) groups is 2. The maximum Gasteiger partial charge on any atom is 0.133 e. The summed E-state index contributed by atoms with van der Waals surface area (Å²) in [6.07, 6.45) is 2.30. The van der Waals surface area contributed by atoms with Crippen LogP contribution in [-0.4, -0.2) is 11.6 Å². The Kier molecular flexibility index (Phi) is 1.52. The van der Waals surface area contributed by atoms with Crippen molar-refractivity contribution in [2.45, 2.75) is 26.7 Å². The molecule has 3 rings (SSSR count). The van der Waals surface area contributed by atoms with Crippen LogP contribution in [0.3, 0.4) is 0 Å². The Bertz CT molecular complexity index is 320. The van der Waals surface area contributed by atoms with E-state index in [2.05, 4.69) is 0 Å². The number of hydrogen-bond acceptors (Lipinski definition) is 2. The fourth-order valence-corrected chi connectivity index (χ4v) is 4.38. The number of Topliss-reactive ketones (excluding diaryl/α,β-unsaturated/α-hetero) is 2. The Morgan fingerprint density at radius 1 is 1.00 bits per heavy atom. The lowest BCUT2D eigenvalue weighted by Crippen LogP contribution is -2.20. The highest BCUT2D eigenvalue weighted by Crippen LogP contribution is 2.71. The van der Waals surface area contributed by atoms with Crippen LogP contribution >= 0.6 is 0 Å². The number of ketones is 2. The Labute approximate surface area is 84.1 Å². The molecule has 0 saturated heterocycles. The van der Waals surface area contributed by atoms with Gasteiger partial charge in [-0.05, 0) is 50.4 Å². The fourth-order valence-electron chi connectivity index (χ4n) is 4.38. The molecular weight excluding hydrogens is 176 g/mol. The van der Waals surface area contributed by atoms with Crippen LogP contribution < -0.4 is 0 Å². The lowest BCUT2D eigenvalue weighted by Gasteiger charge is -2.17. The van der Waals surface area contributed by atoms with Crippen LogP contribution in [0.15, 0.2) is 0 Å². The summed E-state index contributed by atoms with van der Waals surface area (Å²) in [5.41, 5.74) is 0. The van der Waals surface area contributed by atoms with Gasteiger partial charge in [0.05, 0.1) is 0 Å². The quantitative estimate of drug-likeness (QED) is 0.667. The van der Waals surface area contributed by atoms with Crippen molar-refractivity contribution >= 4 is 11.6 Å². The molecule has 3 aliphatic carbocycles. The molecule has 3 aliphatic rings. The molecule has 0 radical (unpaired) electrons. The monoisotopic (exact) mass is 192 g/mol. The molecule has 3 fully saturated rings. The molecule has 0 aromatic carbocycles. The van der Waals surface area contributed by atoms with Gasteiger partial charge in [-0.2, -0.15) is 0 Å². The third-order valence-electron chi connectivity index (χ3n) is 4.81. The molecule has 0 heterocycles. The Morgan fingerprint density at radius 2 is 1.71 bits per heavy atom. The third kappa shape index (κ3) is 0.870. The lowest BCUT2D eigenvalue weighted by atomic mass is 9.86. The Balaban J connectivity index is 1.82. The van der Waals surface area contributed by atoms with Crippen LogP contribution in [0.2, 0.25) is 0 Å². The van der Waals surface area contributed by atoms with Crippen LogP contribution in [0.1, 0.15) is 26.7 Å². The third-order valence-corrected chi connectivity index (χ3v) is 4.81. The topological polar surface area (TPSA) is 34.1 Å². The van der Waals surface area contributed by atoms with E-state index < -0.39 is 0 Å². The zero-order valence-electron chi connectivity index (χ0n) is 8.69. The van der Waals surface area contributed by atoms with Crippen LogP contribution in [0.25, 0.3) is 0 Å². The minimum Gasteiger partial charge on any atom is -0.300 e. The maximum absolute atomic E-state index is 11.4. The molecule has 14 heavy (non-hydrogen) atoms. The van der Waals surface area contributed by atoms with Crippen molar-refractivity contribution in [1.82, 2.24) is 0 Å². The highest BCUT2D eigenvalue weighted by molar-refractivity contribution is 5.84. The van der Waals surface area contributed by atoms with Crippen LogP contribution in [-0.2, 0) is 9.59 Å². The molecule has 0 aliphatic heterocycles. The van der Waals surface area contributed by atoms with E-state index in [-0.39, 0.29) is 0 Å². The first-order valence-electron chi connectivity index (χ1n) is 5.62. The summed E-state index contributed by atoms with van der Waals surface area (Å²) in [7, 11) is 0. The number of fused-ring (bicyclic) bond motifs is 5. The summed E-state index contributed by atoms with van der Waals surface area (Å²) in [5.74, 6) is 3.88. The smallest absolute Gasteiger partial charge is 0.133 e. The second-order valence-corrected chi connectivity index (χ2v) is 5.40. The van der Waals surface area contributed by atoms with Crippen LogP contribution in [0, 0.1) is 35.5 Å². The summed E-state index contributed by atoms with van der Waals surface area (Å²) >= 11 is 0. The molecule has 0 spiro atoms. The molecule has 2 heteroatoms. The van der Waals surface area contributed by atoms with E-state index in [0.717, 1.165) is 6.42 Å². The Hall–Kier alpha value is -0.660. The highest BCUT2D eigenvalue weighted by atomic mass is 16.1. The summed E-state index contributed by atoms with van der Waals surface area (Å²) in [6.45, 7) is 3.43. The van der Waals surface area contributed by atoms with Crippen LogP contribution in [0.4, 0.5) is 0 Å². The van der Waals surface area contributed by atoms with Gasteiger partial charge in [0.1, 0.15) is 11.6 Å². The van der Waals surface area contributed by atoms with Crippen molar-refractivity contribution in [1.29, 1.82) is 0 Å². The molecule has 0 aromatic rings. The first-order valence-corrected chi connectivity index (χ1v) is 5.62. The van der Waals surface area contributed by atoms with E-state index in [1.807, 2.05) is 0 Å². The minimum absolute atomic E-state index is 0.297. The number of carbonyl (C=O) groups excluding carboxylic acids is 2. The van der Waals surface area contributed by atoms with Crippen molar-refractivity contribution < 1.29 is 9.59 Å². The number of rotatable bonds is 2. The van der Waals surface area contributed by atoms with Crippen molar-refractivity contribution in [2.24, 2.45) is 35.5 Å². The zero-order valence-corrected chi connectivity index (χ0v) is 8.69. The summed E-state index contributed by atoms with van der Waals surface area (Å²) < 4.78 is 0. The summed E-state index contributed by atoms with van der Waals surface area (Å²) in [5, 5.41) is 0. The van der Waals surface area contributed by atoms with Crippen molar-refractivity contribution in [3.8, 4) is 0 Å². The summed E-state index contributed by atoms with van der Waals surface area (Å²) in [4.78, 5) is 22.7. The van der Waals surface area contributed by atoms with Gasteiger partial charge in [-0.1, -0.05) is 0 Å². The molecule has 2 bridgehead atoms. The summed E-state index contributed by atoms with van der Waals surface area (Å²) in [6, 6.07) is 0. The van der Waals surface area contributed by atoms with Gasteiger partial charge in [-0.25, -0.2) is 0 Å². The van der Waals surface area contributed by atoms with E-state index >= 15 is 0 Å². The molecule has 2 nitrogen and oxygen atoms in total. The van der Waals surface area contributed by atoms with E-state index in [4.69, 9.17) is 0 Å². The number of hydrogen-bond donors (Lipinski definition) is 0. The molecule has 76 valence electrons. The molecule has 0 N–H and O–H groups in total. The van der Waals surface area contributed by atoms with Gasteiger partial charge in [0.25, 0.3) is 0 Å². The van der Waals surface area contributed by atoms with E-state index in [0.29, 0.717) is 47.1 Å². The Morgan fingerprint density at radius 3 is 2.29 bits per heavy atom. The normalized spacial score (nSPS) is 53.0. The predicted molar refractivity (Wildman–Crippen MR) is 51.5 cm³/mol. The molecule has 6 atom stereocenters. The first kappa shape index (κ1) is 8.63. The van der Waals surface area contributed by atoms with E-state index in [9.17, 15) is 9.59 Å². The van der Waals surface area contributed by atoms with Gasteiger partial charge in [-0.3, -0.25) is 9.59 Å². The second kappa shape index (κ2) is 2.47. The SMILES string of the molecule is CC(=O)[C@@H]1[C@H]2[C@H]3C[C@@H]([C@@H]12)[C@H](C(C)=O)C3. The lowest BCUT2D eigenvalue weighted by molar-refractivity contribution is -0.123. The molecule has 3 saturated carbocycles. The molecule has 0 aromatic heterocycles. The zero-order chi connectivity index (χ0) is 10.0. The highest BCUT2D eigenvalue weighted by Gasteiger charge is 2.69. The minimum atomic E-state index is 0.297. The molecule has 0 unspecified atom stereocenters. The van der Waals surface area contributed by atoms with Gasteiger partial charge in [0.2, 0.25) is 0 Å². The van der Waals surface area contributed by atoms with Gasteiger partial charge in [0.15, 0.2) is 0 Å². The standard InChI is InChI=1S/C12H16O2/c1-5(13)8-3-7-4-9(8)12-10(6(2)14)11(7)12/h7-12H,3-4H2,1-2H3/t7-,8+,9-,10-,11-,12+/m1/s1. The van der Waals surface area contributed by atoms with E-state index in [1.54, 1.807) is 13.8 Å². The average Bonchev–Trinajstić information content (AvgIpc) is 2.60.